The Bertz CT molecular complexity index is 986. The summed E-state index contributed by atoms with van der Waals surface area (Å²) in [5, 5.41) is 18.1. The van der Waals surface area contributed by atoms with Crippen LogP contribution in [0.4, 0.5) is 0 Å². The number of rotatable bonds is 9. The van der Waals surface area contributed by atoms with Crippen LogP contribution in [0.3, 0.4) is 0 Å². The standard InChI is InChI=1S/C16H20N6O3S2/c1-2-22-14(20-21-16(22)26)8-11-18-15(23)12-4-6-13(7-5-12)27(24,25)19-10-3-9-17/h4-7,19H,2-3,8,10-11H2,1H3,(H,18,23)(H,21,26). The fourth-order valence-corrected chi connectivity index (χ4v) is 3.68. The van der Waals surface area contributed by atoms with E-state index in [0.717, 1.165) is 5.82 Å². The Morgan fingerprint density at radius 1 is 1.33 bits per heavy atom. The highest BCUT2D eigenvalue weighted by Crippen LogP contribution is 2.10. The zero-order valence-electron chi connectivity index (χ0n) is 14.7. The first-order valence-electron chi connectivity index (χ1n) is 8.28. The molecule has 0 fully saturated rings. The third-order valence-corrected chi connectivity index (χ3v) is 5.53. The Balaban J connectivity index is 1.93. The average molecular weight is 409 g/mol. The van der Waals surface area contributed by atoms with Crippen molar-refractivity contribution in [3.63, 3.8) is 0 Å². The van der Waals surface area contributed by atoms with Crippen LogP contribution in [0.1, 0.15) is 29.5 Å². The number of amides is 1. The predicted molar refractivity (Wildman–Crippen MR) is 101 cm³/mol. The molecular weight excluding hydrogens is 388 g/mol. The zero-order valence-corrected chi connectivity index (χ0v) is 16.4. The van der Waals surface area contributed by atoms with Gasteiger partial charge in [0.15, 0.2) is 4.77 Å². The molecule has 2 rings (SSSR count). The molecule has 1 aromatic heterocycles. The van der Waals surface area contributed by atoms with E-state index in [1.807, 2.05) is 17.6 Å². The minimum atomic E-state index is -3.69. The predicted octanol–water partition coefficient (Wildman–Crippen LogP) is 1.13. The first-order valence-corrected chi connectivity index (χ1v) is 10.2. The van der Waals surface area contributed by atoms with Crippen molar-refractivity contribution in [1.82, 2.24) is 24.8 Å². The van der Waals surface area contributed by atoms with Gasteiger partial charge in [-0.2, -0.15) is 10.4 Å². The topological polar surface area (TPSA) is 133 Å². The summed E-state index contributed by atoms with van der Waals surface area (Å²) in [6.45, 7) is 3.06. The third-order valence-electron chi connectivity index (χ3n) is 3.74. The van der Waals surface area contributed by atoms with Crippen LogP contribution in [0.5, 0.6) is 0 Å². The van der Waals surface area contributed by atoms with Crippen molar-refractivity contribution in [3.8, 4) is 6.07 Å². The minimum Gasteiger partial charge on any atom is -0.352 e. The highest BCUT2D eigenvalue weighted by Gasteiger charge is 2.14. The molecule has 0 atom stereocenters. The molecule has 9 nitrogen and oxygen atoms in total. The number of aromatic amines is 1. The van der Waals surface area contributed by atoms with Crippen LogP contribution in [-0.4, -0.2) is 42.2 Å². The van der Waals surface area contributed by atoms with E-state index in [9.17, 15) is 13.2 Å². The lowest BCUT2D eigenvalue weighted by Crippen LogP contribution is -2.27. The van der Waals surface area contributed by atoms with Gasteiger partial charge in [-0.25, -0.2) is 13.1 Å². The van der Waals surface area contributed by atoms with E-state index in [2.05, 4.69) is 20.2 Å². The lowest BCUT2D eigenvalue weighted by atomic mass is 10.2. The van der Waals surface area contributed by atoms with Crippen molar-refractivity contribution in [2.75, 3.05) is 13.1 Å². The SMILES string of the molecule is CCn1c(CCNC(=O)c2ccc(S(=O)(=O)NCCC#N)cc2)n[nH]c1=S. The largest absolute Gasteiger partial charge is 0.352 e. The number of hydrogen-bond donors (Lipinski definition) is 3. The summed E-state index contributed by atoms with van der Waals surface area (Å²) in [6.07, 6.45) is 0.600. The summed E-state index contributed by atoms with van der Waals surface area (Å²) < 4.78 is 28.8. The first-order chi connectivity index (χ1) is 12.9. The van der Waals surface area contributed by atoms with Gasteiger partial charge in [-0.3, -0.25) is 9.89 Å². The van der Waals surface area contributed by atoms with Crippen molar-refractivity contribution in [2.45, 2.75) is 31.2 Å². The molecule has 0 saturated carbocycles. The summed E-state index contributed by atoms with van der Waals surface area (Å²) in [7, 11) is -3.69. The monoisotopic (exact) mass is 408 g/mol. The number of aromatic nitrogens is 3. The molecule has 0 bridgehead atoms. The molecule has 0 aliphatic heterocycles. The van der Waals surface area contributed by atoms with Crippen LogP contribution in [-0.2, 0) is 23.0 Å². The first kappa shape index (κ1) is 20.8. The summed E-state index contributed by atoms with van der Waals surface area (Å²) in [5.41, 5.74) is 0.348. The maximum atomic E-state index is 12.2. The van der Waals surface area contributed by atoms with E-state index in [0.29, 0.717) is 29.8 Å². The highest BCUT2D eigenvalue weighted by atomic mass is 32.2. The number of carbonyl (C=O) groups excluding carboxylic acids is 1. The molecule has 0 aliphatic rings. The molecular formula is C16H20N6O3S2. The Hall–Kier alpha value is -2.55. The molecule has 0 saturated heterocycles. The second-order valence-corrected chi connectivity index (χ2v) is 7.68. The number of nitriles is 1. The van der Waals surface area contributed by atoms with Crippen LogP contribution in [0.2, 0.25) is 0 Å². The Morgan fingerprint density at radius 3 is 2.67 bits per heavy atom. The smallest absolute Gasteiger partial charge is 0.251 e. The third kappa shape index (κ3) is 5.46. The van der Waals surface area contributed by atoms with Crippen LogP contribution >= 0.6 is 12.2 Å². The van der Waals surface area contributed by atoms with Gasteiger partial charge in [-0.15, -0.1) is 0 Å². The van der Waals surface area contributed by atoms with Crippen molar-refractivity contribution in [3.05, 3.63) is 40.4 Å². The van der Waals surface area contributed by atoms with Crippen molar-refractivity contribution in [1.29, 1.82) is 5.26 Å². The molecule has 27 heavy (non-hydrogen) atoms. The van der Waals surface area contributed by atoms with E-state index in [4.69, 9.17) is 17.5 Å². The quantitative estimate of drug-likeness (QED) is 0.421. The number of hydrogen-bond acceptors (Lipinski definition) is 6. The molecule has 11 heteroatoms. The van der Waals surface area contributed by atoms with Gasteiger partial charge in [0.1, 0.15) is 5.82 Å². The van der Waals surface area contributed by atoms with Gasteiger partial charge in [0.05, 0.1) is 11.0 Å². The lowest BCUT2D eigenvalue weighted by Gasteiger charge is -2.08. The lowest BCUT2D eigenvalue weighted by molar-refractivity contribution is 0.0953. The van der Waals surface area contributed by atoms with Crippen LogP contribution in [0.15, 0.2) is 29.2 Å². The second kappa shape index (κ2) is 9.40. The number of nitrogens with one attached hydrogen (secondary N) is 3. The minimum absolute atomic E-state index is 0.0375. The van der Waals surface area contributed by atoms with E-state index in [1.165, 1.54) is 24.3 Å². The zero-order chi connectivity index (χ0) is 19.9. The molecule has 144 valence electrons. The highest BCUT2D eigenvalue weighted by molar-refractivity contribution is 7.89. The van der Waals surface area contributed by atoms with Crippen molar-refractivity contribution >= 4 is 28.1 Å². The molecule has 0 unspecified atom stereocenters. The van der Waals surface area contributed by atoms with Gasteiger partial charge < -0.3 is 9.88 Å². The molecule has 1 heterocycles. The summed E-state index contributed by atoms with van der Waals surface area (Å²) in [5.74, 6) is 0.446. The van der Waals surface area contributed by atoms with Gasteiger partial charge in [-0.1, -0.05) is 0 Å². The average Bonchev–Trinajstić information content (AvgIpc) is 3.01. The number of nitrogens with zero attached hydrogens (tertiary/aromatic N) is 3. The van der Waals surface area contributed by atoms with Crippen LogP contribution in [0.25, 0.3) is 0 Å². The Kier molecular flexibility index (Phi) is 7.23. The molecule has 3 N–H and O–H groups in total. The Labute approximate surface area is 162 Å². The number of carbonyl (C=O) groups is 1. The maximum Gasteiger partial charge on any atom is 0.251 e. The number of sulfonamides is 1. The summed E-state index contributed by atoms with van der Waals surface area (Å²) in [4.78, 5) is 12.2. The van der Waals surface area contributed by atoms with Gasteiger partial charge in [0.25, 0.3) is 5.91 Å². The fraction of sp³-hybridized carbons (Fsp3) is 0.375. The molecule has 0 aliphatic carbocycles. The normalized spacial score (nSPS) is 11.1. The molecule has 0 spiro atoms. The van der Waals surface area contributed by atoms with E-state index in [1.54, 1.807) is 0 Å². The van der Waals surface area contributed by atoms with E-state index in [-0.39, 0.29) is 23.8 Å². The maximum absolute atomic E-state index is 12.2. The van der Waals surface area contributed by atoms with E-state index < -0.39 is 10.0 Å². The summed E-state index contributed by atoms with van der Waals surface area (Å²) in [6, 6.07) is 7.45. The van der Waals surface area contributed by atoms with Crippen LogP contribution in [0, 0.1) is 16.1 Å². The number of H-pyrrole nitrogens is 1. The van der Waals surface area contributed by atoms with Gasteiger partial charge in [-0.05, 0) is 43.4 Å². The molecule has 1 amide bonds. The molecule has 0 radical (unpaired) electrons. The van der Waals surface area contributed by atoms with Gasteiger partial charge in [0, 0.05) is 38.0 Å². The van der Waals surface area contributed by atoms with Crippen LogP contribution < -0.4 is 10.0 Å². The van der Waals surface area contributed by atoms with E-state index >= 15 is 0 Å². The Morgan fingerprint density at radius 2 is 2.04 bits per heavy atom. The molecule has 1 aromatic carbocycles. The van der Waals surface area contributed by atoms with Crippen molar-refractivity contribution in [2.24, 2.45) is 0 Å². The molecule has 2 aromatic rings. The number of benzene rings is 1. The van der Waals surface area contributed by atoms with Crippen molar-refractivity contribution < 1.29 is 13.2 Å². The fourth-order valence-electron chi connectivity index (χ4n) is 2.37. The van der Waals surface area contributed by atoms with Gasteiger partial charge >= 0.3 is 0 Å². The summed E-state index contributed by atoms with van der Waals surface area (Å²) >= 11 is 5.11. The second-order valence-electron chi connectivity index (χ2n) is 5.53. The van der Waals surface area contributed by atoms with Gasteiger partial charge in [0.2, 0.25) is 10.0 Å².